The first-order valence-electron chi connectivity index (χ1n) is 5.11. The van der Waals surface area contributed by atoms with Gasteiger partial charge in [0, 0.05) is 12.6 Å². The number of hydrogen-bond acceptors (Lipinski definition) is 3. The molecule has 1 aromatic carbocycles. The van der Waals surface area contributed by atoms with Gasteiger partial charge in [-0.05, 0) is 18.1 Å². The number of rotatable bonds is 2. The van der Waals surface area contributed by atoms with Gasteiger partial charge >= 0.3 is 5.97 Å². The fourth-order valence-corrected chi connectivity index (χ4v) is 2.06. The zero-order valence-electron chi connectivity index (χ0n) is 9.06. The van der Waals surface area contributed by atoms with Crippen molar-refractivity contribution in [1.29, 1.82) is 0 Å². The monoisotopic (exact) mass is 205 g/mol. The van der Waals surface area contributed by atoms with Crippen LogP contribution in [0.4, 0.5) is 0 Å². The van der Waals surface area contributed by atoms with Crippen molar-refractivity contribution >= 4 is 5.97 Å². The number of ether oxygens (including phenoxy) is 1. The third-order valence-electron chi connectivity index (χ3n) is 2.99. The summed E-state index contributed by atoms with van der Waals surface area (Å²) >= 11 is 0. The summed E-state index contributed by atoms with van der Waals surface area (Å²) in [7, 11) is 1.43. The maximum Gasteiger partial charge on any atom is 0.319 e. The number of methoxy groups -OCH3 is 1. The van der Waals surface area contributed by atoms with E-state index in [1.165, 1.54) is 18.2 Å². The van der Waals surface area contributed by atoms with E-state index in [0.29, 0.717) is 12.6 Å². The molecule has 1 heterocycles. The van der Waals surface area contributed by atoms with E-state index in [-0.39, 0.29) is 5.97 Å². The summed E-state index contributed by atoms with van der Waals surface area (Å²) in [5.74, 6) is -0.172. The summed E-state index contributed by atoms with van der Waals surface area (Å²) in [6.07, 6.45) is 0. The Balaban J connectivity index is 2.13. The van der Waals surface area contributed by atoms with Gasteiger partial charge in [-0.3, -0.25) is 9.69 Å². The van der Waals surface area contributed by atoms with E-state index < -0.39 is 0 Å². The summed E-state index contributed by atoms with van der Waals surface area (Å²) in [5.41, 5.74) is 2.63. The maximum atomic E-state index is 11.2. The highest BCUT2D eigenvalue weighted by molar-refractivity contribution is 5.71. The lowest BCUT2D eigenvalue weighted by atomic mass is 10.1. The molecule has 0 spiro atoms. The van der Waals surface area contributed by atoms with E-state index in [1.807, 2.05) is 12.1 Å². The molecule has 3 nitrogen and oxygen atoms in total. The third-order valence-corrected chi connectivity index (χ3v) is 2.99. The molecule has 0 amide bonds. The highest BCUT2D eigenvalue weighted by Crippen LogP contribution is 2.32. The average molecular weight is 205 g/mol. The summed E-state index contributed by atoms with van der Waals surface area (Å²) in [6, 6.07) is 8.62. The quantitative estimate of drug-likeness (QED) is 0.689. The molecule has 0 saturated heterocycles. The molecule has 1 aliphatic heterocycles. The minimum absolute atomic E-state index is 0.172. The minimum atomic E-state index is -0.172. The zero-order chi connectivity index (χ0) is 10.8. The van der Waals surface area contributed by atoms with E-state index in [2.05, 4.69) is 28.7 Å². The number of benzene rings is 1. The second kappa shape index (κ2) is 4.03. The molecule has 0 aliphatic carbocycles. The van der Waals surface area contributed by atoms with Crippen LogP contribution in [-0.2, 0) is 16.1 Å². The second-order valence-electron chi connectivity index (χ2n) is 3.86. The fraction of sp³-hybridized carbons (Fsp3) is 0.417. The molecular formula is C12H15NO2. The molecule has 0 saturated carbocycles. The first-order valence-corrected chi connectivity index (χ1v) is 5.11. The molecule has 3 heteroatoms. The predicted octanol–water partition coefficient (Wildman–Crippen LogP) is 1.74. The SMILES string of the molecule is COC(=O)CN1Cc2ccccc2[C@H]1C. The van der Waals surface area contributed by atoms with Crippen LogP contribution in [0.2, 0.25) is 0 Å². The molecule has 0 radical (unpaired) electrons. The van der Waals surface area contributed by atoms with E-state index in [1.54, 1.807) is 0 Å². The van der Waals surface area contributed by atoms with Gasteiger partial charge in [0.2, 0.25) is 0 Å². The first-order chi connectivity index (χ1) is 7.22. The van der Waals surface area contributed by atoms with Crippen LogP contribution in [0, 0.1) is 0 Å². The molecule has 1 atom stereocenters. The summed E-state index contributed by atoms with van der Waals surface area (Å²) in [5, 5.41) is 0. The summed E-state index contributed by atoms with van der Waals surface area (Å²) in [4.78, 5) is 13.3. The Bertz CT molecular complexity index is 376. The molecule has 2 rings (SSSR count). The highest BCUT2D eigenvalue weighted by atomic mass is 16.5. The van der Waals surface area contributed by atoms with Crippen molar-refractivity contribution in [3.05, 3.63) is 35.4 Å². The molecule has 0 bridgehead atoms. The van der Waals surface area contributed by atoms with Crippen LogP contribution in [-0.4, -0.2) is 24.5 Å². The van der Waals surface area contributed by atoms with Gasteiger partial charge in [0.1, 0.15) is 0 Å². The molecule has 0 N–H and O–H groups in total. The van der Waals surface area contributed by atoms with Crippen LogP contribution < -0.4 is 0 Å². The number of fused-ring (bicyclic) bond motifs is 1. The molecule has 1 aromatic rings. The van der Waals surface area contributed by atoms with Crippen LogP contribution in [0.5, 0.6) is 0 Å². The number of hydrogen-bond donors (Lipinski definition) is 0. The van der Waals surface area contributed by atoms with Crippen LogP contribution in [0.1, 0.15) is 24.1 Å². The Kier molecular flexibility index (Phi) is 2.73. The van der Waals surface area contributed by atoms with Gasteiger partial charge in [-0.2, -0.15) is 0 Å². The van der Waals surface area contributed by atoms with Crippen molar-refractivity contribution in [1.82, 2.24) is 4.90 Å². The highest BCUT2D eigenvalue weighted by Gasteiger charge is 2.27. The lowest BCUT2D eigenvalue weighted by Gasteiger charge is -2.19. The van der Waals surface area contributed by atoms with Gasteiger partial charge < -0.3 is 4.74 Å². The molecule has 0 fully saturated rings. The first kappa shape index (κ1) is 10.2. The molecule has 1 aliphatic rings. The zero-order valence-corrected chi connectivity index (χ0v) is 9.06. The Morgan fingerprint density at radius 1 is 1.53 bits per heavy atom. The Morgan fingerprint density at radius 3 is 2.93 bits per heavy atom. The van der Waals surface area contributed by atoms with Crippen molar-refractivity contribution in [2.24, 2.45) is 0 Å². The largest absolute Gasteiger partial charge is 0.468 e. The predicted molar refractivity (Wildman–Crippen MR) is 57.3 cm³/mol. The molecule has 0 unspecified atom stereocenters. The van der Waals surface area contributed by atoms with E-state index >= 15 is 0 Å². The normalized spacial score (nSPS) is 20.0. The Morgan fingerprint density at radius 2 is 2.27 bits per heavy atom. The van der Waals surface area contributed by atoms with Crippen molar-refractivity contribution in [2.45, 2.75) is 19.5 Å². The van der Waals surface area contributed by atoms with Crippen LogP contribution >= 0.6 is 0 Å². The number of carbonyl (C=O) groups excluding carboxylic acids is 1. The number of carbonyl (C=O) groups is 1. The maximum absolute atomic E-state index is 11.2. The van der Waals surface area contributed by atoms with Gasteiger partial charge in [-0.25, -0.2) is 0 Å². The van der Waals surface area contributed by atoms with Gasteiger partial charge in [0.05, 0.1) is 13.7 Å². The molecular weight excluding hydrogens is 190 g/mol. The van der Waals surface area contributed by atoms with Crippen LogP contribution in [0.25, 0.3) is 0 Å². The third kappa shape index (κ3) is 1.88. The lowest BCUT2D eigenvalue weighted by molar-refractivity contribution is -0.142. The lowest BCUT2D eigenvalue weighted by Crippen LogP contribution is -2.27. The van der Waals surface area contributed by atoms with Crippen molar-refractivity contribution in [2.75, 3.05) is 13.7 Å². The fourth-order valence-electron chi connectivity index (χ4n) is 2.06. The topological polar surface area (TPSA) is 29.5 Å². The number of esters is 1. The smallest absolute Gasteiger partial charge is 0.319 e. The van der Waals surface area contributed by atoms with Crippen molar-refractivity contribution in [3.63, 3.8) is 0 Å². The van der Waals surface area contributed by atoms with E-state index in [0.717, 1.165) is 6.54 Å². The van der Waals surface area contributed by atoms with E-state index in [9.17, 15) is 4.79 Å². The number of nitrogens with zero attached hydrogens (tertiary/aromatic N) is 1. The summed E-state index contributed by atoms with van der Waals surface area (Å²) < 4.78 is 4.68. The van der Waals surface area contributed by atoms with Gasteiger partial charge in [0.25, 0.3) is 0 Å². The van der Waals surface area contributed by atoms with E-state index in [4.69, 9.17) is 0 Å². The molecule has 80 valence electrons. The second-order valence-corrected chi connectivity index (χ2v) is 3.86. The van der Waals surface area contributed by atoms with Gasteiger partial charge in [0.15, 0.2) is 0 Å². The van der Waals surface area contributed by atoms with Gasteiger partial charge in [-0.1, -0.05) is 24.3 Å². The van der Waals surface area contributed by atoms with Crippen molar-refractivity contribution in [3.8, 4) is 0 Å². The van der Waals surface area contributed by atoms with Crippen LogP contribution in [0.3, 0.4) is 0 Å². The molecule has 15 heavy (non-hydrogen) atoms. The average Bonchev–Trinajstić information content (AvgIpc) is 2.57. The Hall–Kier alpha value is -1.35. The minimum Gasteiger partial charge on any atom is -0.468 e. The Labute approximate surface area is 89.7 Å². The summed E-state index contributed by atoms with van der Waals surface area (Å²) in [6.45, 7) is 3.33. The van der Waals surface area contributed by atoms with Gasteiger partial charge in [-0.15, -0.1) is 0 Å². The molecule has 0 aromatic heterocycles. The standard InChI is InChI=1S/C12H15NO2/c1-9-11-6-4-3-5-10(11)7-13(9)8-12(14)15-2/h3-6,9H,7-8H2,1-2H3/t9-/m1/s1. The van der Waals surface area contributed by atoms with Crippen LogP contribution in [0.15, 0.2) is 24.3 Å². The van der Waals surface area contributed by atoms with Crippen molar-refractivity contribution < 1.29 is 9.53 Å².